The third-order valence-electron chi connectivity index (χ3n) is 1.43. The van der Waals surface area contributed by atoms with Crippen LogP contribution >= 0.6 is 15.9 Å². The number of hydrogen-bond donors (Lipinski definition) is 0. The highest BCUT2D eigenvalue weighted by atomic mass is 79.9. The smallest absolute Gasteiger partial charge is 0.306 e. The van der Waals surface area contributed by atoms with E-state index < -0.39 is 10.1 Å². The van der Waals surface area contributed by atoms with E-state index >= 15 is 0 Å². The van der Waals surface area contributed by atoms with Crippen LogP contribution in [0, 0.1) is 0 Å². The van der Waals surface area contributed by atoms with Crippen molar-refractivity contribution >= 4 is 32.1 Å². The van der Waals surface area contributed by atoms with E-state index in [0.29, 0.717) is 5.56 Å². The largest absolute Gasteiger partial charge is 0.382 e. The molecule has 0 unspecified atom stereocenters. The molecule has 0 saturated carbocycles. The van der Waals surface area contributed by atoms with E-state index in [0.717, 1.165) is 10.7 Å². The van der Waals surface area contributed by atoms with Gasteiger partial charge in [-0.1, -0.05) is 28.6 Å². The number of halogens is 1. The summed E-state index contributed by atoms with van der Waals surface area (Å²) in [5, 5.41) is 0. The zero-order valence-electron chi connectivity index (χ0n) is 7.53. The SMILES string of the molecule is C=Cc1cc(Br)ccc1OS(C)(=O)=O. The lowest BCUT2D eigenvalue weighted by Gasteiger charge is -2.06. The zero-order valence-corrected chi connectivity index (χ0v) is 9.93. The summed E-state index contributed by atoms with van der Waals surface area (Å²) in [5.41, 5.74) is 0.629. The molecule has 0 aliphatic carbocycles. The summed E-state index contributed by atoms with van der Waals surface area (Å²) in [7, 11) is -3.49. The third kappa shape index (κ3) is 3.16. The molecule has 0 aromatic heterocycles. The Kier molecular flexibility index (Phi) is 3.34. The Labute approximate surface area is 91.7 Å². The van der Waals surface area contributed by atoms with Crippen LogP contribution in [0.1, 0.15) is 5.56 Å². The number of hydrogen-bond acceptors (Lipinski definition) is 3. The fourth-order valence-corrected chi connectivity index (χ4v) is 1.77. The van der Waals surface area contributed by atoms with Crippen LogP contribution in [0.15, 0.2) is 29.3 Å². The maximum atomic E-state index is 10.9. The van der Waals surface area contributed by atoms with Gasteiger partial charge in [-0.3, -0.25) is 0 Å². The first-order valence-corrected chi connectivity index (χ1v) is 6.35. The van der Waals surface area contributed by atoms with Crippen LogP contribution in [-0.2, 0) is 10.1 Å². The Morgan fingerprint density at radius 2 is 2.14 bits per heavy atom. The minimum atomic E-state index is -3.49. The van der Waals surface area contributed by atoms with E-state index in [1.54, 1.807) is 18.2 Å². The third-order valence-corrected chi connectivity index (χ3v) is 2.41. The molecule has 0 amide bonds. The second-order valence-corrected chi connectivity index (χ2v) is 5.16. The maximum Gasteiger partial charge on any atom is 0.306 e. The van der Waals surface area contributed by atoms with Crippen molar-refractivity contribution in [2.24, 2.45) is 0 Å². The van der Waals surface area contributed by atoms with E-state index in [1.807, 2.05) is 0 Å². The van der Waals surface area contributed by atoms with Gasteiger partial charge in [0.2, 0.25) is 0 Å². The van der Waals surface area contributed by atoms with Crippen molar-refractivity contribution in [3.8, 4) is 5.75 Å². The lowest BCUT2D eigenvalue weighted by Crippen LogP contribution is -2.06. The average Bonchev–Trinajstić information content (AvgIpc) is 2.06. The molecule has 0 bridgehead atoms. The van der Waals surface area contributed by atoms with Gasteiger partial charge in [0.05, 0.1) is 6.26 Å². The van der Waals surface area contributed by atoms with Gasteiger partial charge in [0.1, 0.15) is 5.75 Å². The molecule has 0 aliphatic rings. The van der Waals surface area contributed by atoms with E-state index in [1.165, 1.54) is 6.08 Å². The van der Waals surface area contributed by atoms with Gasteiger partial charge < -0.3 is 4.18 Å². The van der Waals surface area contributed by atoms with E-state index in [2.05, 4.69) is 22.5 Å². The lowest BCUT2D eigenvalue weighted by atomic mass is 10.2. The molecule has 1 aromatic rings. The molecule has 0 radical (unpaired) electrons. The lowest BCUT2D eigenvalue weighted by molar-refractivity contribution is 0.492. The molecule has 0 aliphatic heterocycles. The summed E-state index contributed by atoms with van der Waals surface area (Å²) >= 11 is 3.26. The highest BCUT2D eigenvalue weighted by molar-refractivity contribution is 9.10. The quantitative estimate of drug-likeness (QED) is 0.797. The summed E-state index contributed by atoms with van der Waals surface area (Å²) in [6, 6.07) is 5.00. The molecule has 0 N–H and O–H groups in total. The van der Waals surface area contributed by atoms with Crippen LogP contribution < -0.4 is 4.18 Å². The Balaban J connectivity index is 3.15. The molecule has 1 rings (SSSR count). The van der Waals surface area contributed by atoms with Gasteiger partial charge in [0, 0.05) is 10.0 Å². The fraction of sp³-hybridized carbons (Fsp3) is 0.111. The summed E-state index contributed by atoms with van der Waals surface area (Å²) in [4.78, 5) is 0. The highest BCUT2D eigenvalue weighted by Gasteiger charge is 2.07. The van der Waals surface area contributed by atoms with E-state index in [-0.39, 0.29) is 5.75 Å². The first-order valence-electron chi connectivity index (χ1n) is 3.74. The fourth-order valence-electron chi connectivity index (χ4n) is 0.918. The molecule has 0 atom stereocenters. The number of benzene rings is 1. The standard InChI is InChI=1S/C9H9BrO3S/c1-3-7-6-8(10)4-5-9(7)13-14(2,11)12/h3-6H,1H2,2H3. The van der Waals surface area contributed by atoms with Gasteiger partial charge in [-0.2, -0.15) is 8.42 Å². The molecule has 5 heteroatoms. The molecule has 14 heavy (non-hydrogen) atoms. The average molecular weight is 277 g/mol. The van der Waals surface area contributed by atoms with Crippen LogP contribution in [0.25, 0.3) is 6.08 Å². The van der Waals surface area contributed by atoms with Crippen molar-refractivity contribution in [3.05, 3.63) is 34.8 Å². The van der Waals surface area contributed by atoms with Crippen molar-refractivity contribution < 1.29 is 12.6 Å². The molecular formula is C9H9BrO3S. The summed E-state index contributed by atoms with van der Waals surface area (Å²) in [5.74, 6) is 0.283. The molecule has 1 aromatic carbocycles. The van der Waals surface area contributed by atoms with Crippen molar-refractivity contribution in [2.75, 3.05) is 6.26 Å². The zero-order chi connectivity index (χ0) is 10.8. The first kappa shape index (κ1) is 11.3. The van der Waals surface area contributed by atoms with Crippen molar-refractivity contribution in [1.82, 2.24) is 0 Å². The summed E-state index contributed by atoms with van der Waals surface area (Å²) in [6.45, 7) is 3.57. The second kappa shape index (κ2) is 4.14. The minimum Gasteiger partial charge on any atom is -0.382 e. The first-order chi connectivity index (χ1) is 6.42. The molecule has 0 fully saturated rings. The van der Waals surface area contributed by atoms with Gasteiger partial charge in [-0.05, 0) is 18.2 Å². The Bertz CT molecular complexity index is 451. The molecule has 3 nitrogen and oxygen atoms in total. The van der Waals surface area contributed by atoms with Crippen LogP contribution in [0.3, 0.4) is 0 Å². The van der Waals surface area contributed by atoms with Gasteiger partial charge in [-0.15, -0.1) is 0 Å². The Morgan fingerprint density at radius 3 is 2.64 bits per heavy atom. The van der Waals surface area contributed by atoms with Gasteiger partial charge in [-0.25, -0.2) is 0 Å². The Morgan fingerprint density at radius 1 is 1.50 bits per heavy atom. The highest BCUT2D eigenvalue weighted by Crippen LogP contribution is 2.24. The second-order valence-electron chi connectivity index (χ2n) is 2.67. The molecule has 76 valence electrons. The van der Waals surface area contributed by atoms with Crippen molar-refractivity contribution in [1.29, 1.82) is 0 Å². The predicted molar refractivity (Wildman–Crippen MR) is 59.7 cm³/mol. The van der Waals surface area contributed by atoms with Gasteiger partial charge in [0.15, 0.2) is 0 Å². The monoisotopic (exact) mass is 276 g/mol. The van der Waals surface area contributed by atoms with Crippen LogP contribution in [0.4, 0.5) is 0 Å². The molecule has 0 spiro atoms. The molecule has 0 saturated heterocycles. The van der Waals surface area contributed by atoms with Gasteiger partial charge in [0.25, 0.3) is 0 Å². The topological polar surface area (TPSA) is 43.4 Å². The van der Waals surface area contributed by atoms with E-state index in [4.69, 9.17) is 4.18 Å². The van der Waals surface area contributed by atoms with Crippen molar-refractivity contribution in [2.45, 2.75) is 0 Å². The normalized spacial score (nSPS) is 11.0. The predicted octanol–water partition coefficient (Wildman–Crippen LogP) is 2.43. The minimum absolute atomic E-state index is 0.283. The molecule has 0 heterocycles. The summed E-state index contributed by atoms with van der Waals surface area (Å²) < 4.78 is 27.4. The van der Waals surface area contributed by atoms with Crippen LogP contribution in [0.2, 0.25) is 0 Å². The maximum absolute atomic E-state index is 10.9. The van der Waals surface area contributed by atoms with Crippen molar-refractivity contribution in [3.63, 3.8) is 0 Å². The van der Waals surface area contributed by atoms with E-state index in [9.17, 15) is 8.42 Å². The van der Waals surface area contributed by atoms with Gasteiger partial charge >= 0.3 is 10.1 Å². The Hall–Kier alpha value is -0.810. The van der Waals surface area contributed by atoms with Crippen LogP contribution in [-0.4, -0.2) is 14.7 Å². The molecular weight excluding hydrogens is 268 g/mol. The number of rotatable bonds is 3. The van der Waals surface area contributed by atoms with Crippen LogP contribution in [0.5, 0.6) is 5.75 Å². The summed E-state index contributed by atoms with van der Waals surface area (Å²) in [6.07, 6.45) is 2.53.